The van der Waals surface area contributed by atoms with Gasteiger partial charge in [0.1, 0.15) is 13.2 Å². The number of esters is 1. The molecule has 1 amide bonds. The molecule has 0 heterocycles. The molecule has 3 aromatic carbocycles. The van der Waals surface area contributed by atoms with Gasteiger partial charge in [-0.3, -0.25) is 5.32 Å². The Kier molecular flexibility index (Phi) is 8.32. The van der Waals surface area contributed by atoms with Crippen LogP contribution in [0.5, 0.6) is 0 Å². The lowest BCUT2D eigenvalue weighted by Crippen LogP contribution is -2.23. The Labute approximate surface area is 201 Å². The summed E-state index contributed by atoms with van der Waals surface area (Å²) in [6, 6.07) is 17.8. The van der Waals surface area contributed by atoms with Crippen molar-refractivity contribution in [1.29, 1.82) is 0 Å². The lowest BCUT2D eigenvalue weighted by Gasteiger charge is -2.21. The molecule has 0 aromatic heterocycles. The summed E-state index contributed by atoms with van der Waals surface area (Å²) in [4.78, 5) is 37.6. The molecule has 0 fully saturated rings. The van der Waals surface area contributed by atoms with E-state index >= 15 is 0 Å². The Balaban J connectivity index is 1.86. The molecule has 0 saturated carbocycles. The van der Waals surface area contributed by atoms with Crippen LogP contribution in [0.25, 0.3) is 10.8 Å². The monoisotopic (exact) mass is 479 g/mol. The van der Waals surface area contributed by atoms with Crippen LogP contribution < -0.4 is 5.32 Å². The summed E-state index contributed by atoms with van der Waals surface area (Å²) in [5.41, 5.74) is 1.26. The first kappa shape index (κ1) is 24.9. The Bertz CT molecular complexity index is 1240. The second-order valence-electron chi connectivity index (χ2n) is 7.59. The molecule has 0 spiro atoms. The van der Waals surface area contributed by atoms with Crippen molar-refractivity contribution < 1.29 is 29.0 Å². The minimum absolute atomic E-state index is 0.0751. The predicted molar refractivity (Wildman–Crippen MR) is 133 cm³/mol. The number of hydrogen-bond acceptors (Lipinski definition) is 6. The van der Waals surface area contributed by atoms with Crippen LogP contribution in [-0.2, 0) is 14.3 Å². The van der Waals surface area contributed by atoms with E-state index in [2.05, 4.69) is 11.9 Å². The smallest absolute Gasteiger partial charge is 0.411 e. The van der Waals surface area contributed by atoms with Crippen molar-refractivity contribution in [3.63, 3.8) is 0 Å². The molecule has 3 rings (SSSR count). The molecule has 7 nitrogen and oxygen atoms in total. The fraction of sp³-hybridized carbons (Fsp3) is 0.192. The normalized spacial score (nSPS) is 11.5. The molecule has 176 valence electrons. The molecular weight excluding hydrogens is 454 g/mol. The van der Waals surface area contributed by atoms with Crippen LogP contribution in [0.4, 0.5) is 10.5 Å². The molecule has 0 aliphatic heterocycles. The number of nitrogens with one attached hydrogen (secondary N) is 1. The van der Waals surface area contributed by atoms with Gasteiger partial charge in [0.15, 0.2) is 0 Å². The van der Waals surface area contributed by atoms with E-state index < -0.39 is 23.9 Å². The van der Waals surface area contributed by atoms with Crippen LogP contribution in [0.15, 0.2) is 77.7 Å². The SMILES string of the molecule is C=C(C)C(=O)OCC(COC(=O)Nc1cccc(SC)c1)c1ccc2ccccc2c1C(=O)O. The zero-order chi connectivity index (χ0) is 24.7. The van der Waals surface area contributed by atoms with E-state index in [4.69, 9.17) is 9.47 Å². The quantitative estimate of drug-likeness (QED) is 0.230. The van der Waals surface area contributed by atoms with Gasteiger partial charge in [-0.15, -0.1) is 11.8 Å². The third kappa shape index (κ3) is 6.17. The number of anilines is 1. The van der Waals surface area contributed by atoms with E-state index in [1.54, 1.807) is 30.3 Å². The van der Waals surface area contributed by atoms with Crippen LogP contribution in [0, 0.1) is 0 Å². The van der Waals surface area contributed by atoms with Gasteiger partial charge in [0.25, 0.3) is 0 Å². The Morgan fingerprint density at radius 2 is 1.76 bits per heavy atom. The van der Waals surface area contributed by atoms with Gasteiger partial charge >= 0.3 is 18.0 Å². The number of carbonyl (C=O) groups is 3. The number of amides is 1. The molecule has 1 unspecified atom stereocenters. The highest BCUT2D eigenvalue weighted by atomic mass is 32.2. The molecule has 34 heavy (non-hydrogen) atoms. The van der Waals surface area contributed by atoms with E-state index in [1.165, 1.54) is 18.7 Å². The molecule has 0 aliphatic rings. The minimum atomic E-state index is -1.12. The lowest BCUT2D eigenvalue weighted by molar-refractivity contribution is -0.139. The fourth-order valence-electron chi connectivity index (χ4n) is 3.43. The molecule has 3 aromatic rings. The van der Waals surface area contributed by atoms with Crippen molar-refractivity contribution in [3.8, 4) is 0 Å². The number of benzene rings is 3. The minimum Gasteiger partial charge on any atom is -0.478 e. The van der Waals surface area contributed by atoms with Gasteiger partial charge < -0.3 is 14.6 Å². The Morgan fingerprint density at radius 1 is 1.03 bits per heavy atom. The van der Waals surface area contributed by atoms with E-state index in [1.807, 2.05) is 36.6 Å². The number of ether oxygens (including phenoxy) is 2. The van der Waals surface area contributed by atoms with Crippen LogP contribution in [0.1, 0.15) is 28.8 Å². The summed E-state index contributed by atoms with van der Waals surface area (Å²) < 4.78 is 10.7. The zero-order valence-corrected chi connectivity index (χ0v) is 19.7. The highest BCUT2D eigenvalue weighted by molar-refractivity contribution is 7.98. The first-order valence-electron chi connectivity index (χ1n) is 10.5. The molecule has 8 heteroatoms. The second kappa shape index (κ2) is 11.4. The molecular formula is C26H25NO6S. The molecule has 0 saturated heterocycles. The summed E-state index contributed by atoms with van der Waals surface area (Å²) in [5, 5.41) is 13.9. The van der Waals surface area contributed by atoms with Gasteiger partial charge in [-0.1, -0.05) is 49.0 Å². The number of thioether (sulfide) groups is 1. The maximum Gasteiger partial charge on any atom is 0.411 e. The number of carbonyl (C=O) groups excluding carboxylic acids is 2. The van der Waals surface area contributed by atoms with Gasteiger partial charge in [0.05, 0.1) is 11.5 Å². The number of carboxylic acids is 1. The van der Waals surface area contributed by atoms with Gasteiger partial charge in [0.2, 0.25) is 0 Å². The maximum absolute atomic E-state index is 12.4. The van der Waals surface area contributed by atoms with Gasteiger partial charge in [-0.2, -0.15) is 0 Å². The number of rotatable bonds is 9. The van der Waals surface area contributed by atoms with Crippen molar-refractivity contribution >= 4 is 46.3 Å². The standard InChI is InChI=1S/C26H25NO6S/c1-16(2)25(30)32-14-18(15-33-26(31)27-19-8-6-9-20(13-19)34-3)22-12-11-17-7-4-5-10-21(17)23(22)24(28)29/h4-13,18H,1,14-15H2,2-3H3,(H,27,31)(H,28,29). The first-order valence-corrected chi connectivity index (χ1v) is 11.7. The number of hydrogen-bond donors (Lipinski definition) is 2. The highest BCUT2D eigenvalue weighted by Crippen LogP contribution is 2.29. The van der Waals surface area contributed by atoms with Crippen LogP contribution in [0.3, 0.4) is 0 Å². The van der Waals surface area contributed by atoms with E-state index in [-0.39, 0.29) is 24.4 Å². The van der Waals surface area contributed by atoms with Crippen molar-refractivity contribution in [3.05, 3.63) is 83.9 Å². The molecule has 0 radical (unpaired) electrons. The highest BCUT2D eigenvalue weighted by Gasteiger charge is 2.24. The lowest BCUT2D eigenvalue weighted by atomic mass is 9.91. The van der Waals surface area contributed by atoms with Gasteiger partial charge in [-0.05, 0) is 47.7 Å². The third-order valence-electron chi connectivity index (χ3n) is 5.11. The number of aromatic carboxylic acids is 1. The van der Waals surface area contributed by atoms with E-state index in [0.717, 1.165) is 10.3 Å². The van der Waals surface area contributed by atoms with Crippen molar-refractivity contribution in [2.24, 2.45) is 0 Å². The summed E-state index contributed by atoms with van der Waals surface area (Å²) in [7, 11) is 0. The zero-order valence-electron chi connectivity index (χ0n) is 18.9. The van der Waals surface area contributed by atoms with Crippen molar-refractivity contribution in [2.45, 2.75) is 17.7 Å². The molecule has 2 N–H and O–H groups in total. The predicted octanol–water partition coefficient (Wildman–Crippen LogP) is 5.71. The Morgan fingerprint density at radius 3 is 2.47 bits per heavy atom. The molecule has 0 aliphatic carbocycles. The first-order chi connectivity index (χ1) is 16.3. The van der Waals surface area contributed by atoms with Crippen molar-refractivity contribution in [2.75, 3.05) is 24.8 Å². The van der Waals surface area contributed by atoms with E-state index in [9.17, 15) is 19.5 Å². The van der Waals surface area contributed by atoms with Crippen LogP contribution in [-0.4, -0.2) is 42.6 Å². The molecule has 1 atom stereocenters. The molecule has 0 bridgehead atoms. The van der Waals surface area contributed by atoms with Crippen LogP contribution in [0.2, 0.25) is 0 Å². The number of fused-ring (bicyclic) bond motifs is 1. The largest absolute Gasteiger partial charge is 0.478 e. The van der Waals surface area contributed by atoms with Gasteiger partial charge in [-0.25, -0.2) is 14.4 Å². The summed E-state index contributed by atoms with van der Waals surface area (Å²) in [5.74, 6) is -2.44. The summed E-state index contributed by atoms with van der Waals surface area (Å²) >= 11 is 1.54. The third-order valence-corrected chi connectivity index (χ3v) is 5.84. The van der Waals surface area contributed by atoms with Crippen LogP contribution >= 0.6 is 11.8 Å². The van der Waals surface area contributed by atoms with Gasteiger partial charge in [0, 0.05) is 16.2 Å². The second-order valence-corrected chi connectivity index (χ2v) is 8.47. The fourth-order valence-corrected chi connectivity index (χ4v) is 3.88. The number of carboxylic acid groups (broad SMARTS) is 1. The average molecular weight is 480 g/mol. The Hall–Kier alpha value is -3.78. The summed E-state index contributed by atoms with van der Waals surface area (Å²) in [6.07, 6.45) is 1.23. The topological polar surface area (TPSA) is 102 Å². The average Bonchev–Trinajstić information content (AvgIpc) is 2.83. The maximum atomic E-state index is 12.4. The van der Waals surface area contributed by atoms with E-state index in [0.29, 0.717) is 16.6 Å². The summed E-state index contributed by atoms with van der Waals surface area (Å²) in [6.45, 7) is 4.70. The van der Waals surface area contributed by atoms with Crippen molar-refractivity contribution in [1.82, 2.24) is 0 Å².